The Bertz CT molecular complexity index is 645. The van der Waals surface area contributed by atoms with Gasteiger partial charge in [-0.2, -0.15) is 0 Å². The molecule has 0 amide bonds. The molecule has 0 radical (unpaired) electrons. The van der Waals surface area contributed by atoms with E-state index < -0.39 is 10.0 Å². The molecule has 4 nitrogen and oxygen atoms in total. The van der Waals surface area contributed by atoms with Crippen LogP contribution in [0.2, 0.25) is 0 Å². The highest BCUT2D eigenvalue weighted by molar-refractivity contribution is 14.1. The van der Waals surface area contributed by atoms with Crippen molar-refractivity contribution in [1.82, 2.24) is 4.98 Å². The van der Waals surface area contributed by atoms with Crippen LogP contribution in [0.4, 0.5) is 5.69 Å². The first-order valence-electron chi connectivity index (χ1n) is 5.72. The first-order chi connectivity index (χ1) is 9.07. The van der Waals surface area contributed by atoms with Crippen LogP contribution in [0.15, 0.2) is 48.7 Å². The third-order valence-corrected chi connectivity index (χ3v) is 4.71. The van der Waals surface area contributed by atoms with E-state index >= 15 is 0 Å². The maximum Gasteiger partial charge on any atom is 0.233 e. The largest absolute Gasteiger partial charge is 0.282 e. The number of para-hydroxylation sites is 1. The van der Waals surface area contributed by atoms with E-state index in [2.05, 4.69) is 32.3 Å². The maximum absolute atomic E-state index is 12.0. The second-order valence-corrected chi connectivity index (χ2v) is 6.98. The number of aryl methyl sites for hydroxylation is 1. The highest BCUT2D eigenvalue weighted by Gasteiger charge is 2.12. The van der Waals surface area contributed by atoms with Crippen LogP contribution in [0, 0.1) is 3.57 Å². The summed E-state index contributed by atoms with van der Waals surface area (Å²) in [4.78, 5) is 4.11. The predicted octanol–water partition coefficient (Wildman–Crippen LogP) is 2.67. The Morgan fingerprint density at radius 1 is 1.11 bits per heavy atom. The lowest BCUT2D eigenvalue weighted by atomic mass is 10.3. The molecule has 1 N–H and O–H groups in total. The molecule has 1 heterocycles. The van der Waals surface area contributed by atoms with Crippen molar-refractivity contribution < 1.29 is 8.42 Å². The predicted molar refractivity (Wildman–Crippen MR) is 84.5 cm³/mol. The van der Waals surface area contributed by atoms with E-state index in [0.29, 0.717) is 12.1 Å². The lowest BCUT2D eigenvalue weighted by Crippen LogP contribution is -2.19. The molecule has 0 aliphatic rings. The Hall–Kier alpha value is -1.15. The SMILES string of the molecule is O=S(=O)(CCc1ccccn1)Nc1ccccc1I. The molecule has 1 aromatic carbocycles. The minimum atomic E-state index is -3.35. The summed E-state index contributed by atoms with van der Waals surface area (Å²) in [6.07, 6.45) is 2.06. The highest BCUT2D eigenvalue weighted by atomic mass is 127. The van der Waals surface area contributed by atoms with Gasteiger partial charge in [-0.3, -0.25) is 9.71 Å². The van der Waals surface area contributed by atoms with Gasteiger partial charge in [0.05, 0.1) is 11.4 Å². The third-order valence-electron chi connectivity index (χ3n) is 2.49. The summed E-state index contributed by atoms with van der Waals surface area (Å²) < 4.78 is 27.4. The van der Waals surface area contributed by atoms with Crippen molar-refractivity contribution in [2.75, 3.05) is 10.5 Å². The Kier molecular flexibility index (Phi) is 4.76. The van der Waals surface area contributed by atoms with Crippen LogP contribution in [0.25, 0.3) is 0 Å². The van der Waals surface area contributed by atoms with Gasteiger partial charge in [-0.05, 0) is 46.9 Å². The molecule has 0 atom stereocenters. The monoisotopic (exact) mass is 388 g/mol. The zero-order chi connectivity index (χ0) is 13.7. The van der Waals surface area contributed by atoms with Gasteiger partial charge < -0.3 is 0 Å². The van der Waals surface area contributed by atoms with Crippen molar-refractivity contribution in [2.24, 2.45) is 0 Å². The molecule has 0 saturated heterocycles. The summed E-state index contributed by atoms with van der Waals surface area (Å²) in [6.45, 7) is 0. The van der Waals surface area contributed by atoms with Crippen molar-refractivity contribution in [2.45, 2.75) is 6.42 Å². The molecular weight excluding hydrogens is 375 g/mol. The normalized spacial score (nSPS) is 11.2. The summed E-state index contributed by atoms with van der Waals surface area (Å²) in [5.74, 6) is 0.0228. The minimum absolute atomic E-state index is 0.0228. The van der Waals surface area contributed by atoms with E-state index in [4.69, 9.17) is 0 Å². The Balaban J connectivity index is 2.02. The van der Waals surface area contributed by atoms with Crippen molar-refractivity contribution in [1.29, 1.82) is 0 Å². The summed E-state index contributed by atoms with van der Waals surface area (Å²) in [5, 5.41) is 0. The molecule has 0 unspecified atom stereocenters. The first-order valence-corrected chi connectivity index (χ1v) is 8.45. The molecule has 0 aliphatic carbocycles. The van der Waals surface area contributed by atoms with Gasteiger partial charge in [-0.15, -0.1) is 0 Å². The fourth-order valence-corrected chi connectivity index (χ4v) is 3.35. The summed E-state index contributed by atoms with van der Waals surface area (Å²) in [6, 6.07) is 12.8. The second kappa shape index (κ2) is 6.33. The van der Waals surface area contributed by atoms with Crippen LogP contribution in [-0.2, 0) is 16.4 Å². The average Bonchev–Trinajstić information content (AvgIpc) is 2.40. The maximum atomic E-state index is 12.0. The van der Waals surface area contributed by atoms with Crippen molar-refractivity contribution in [3.05, 3.63) is 57.9 Å². The Labute approximate surface area is 126 Å². The number of nitrogens with zero attached hydrogens (tertiary/aromatic N) is 1. The van der Waals surface area contributed by atoms with E-state index in [-0.39, 0.29) is 5.75 Å². The number of sulfonamides is 1. The molecule has 0 spiro atoms. The smallest absolute Gasteiger partial charge is 0.233 e. The van der Waals surface area contributed by atoms with E-state index in [0.717, 1.165) is 9.26 Å². The number of hydrogen-bond acceptors (Lipinski definition) is 3. The van der Waals surface area contributed by atoms with Crippen LogP contribution in [0.3, 0.4) is 0 Å². The zero-order valence-electron chi connectivity index (χ0n) is 10.1. The second-order valence-electron chi connectivity index (χ2n) is 3.97. The summed E-state index contributed by atoms with van der Waals surface area (Å²) >= 11 is 2.10. The van der Waals surface area contributed by atoms with E-state index in [9.17, 15) is 8.42 Å². The number of rotatable bonds is 5. The van der Waals surface area contributed by atoms with Gasteiger partial charge in [-0.25, -0.2) is 8.42 Å². The molecule has 1 aromatic heterocycles. The van der Waals surface area contributed by atoms with E-state index in [1.165, 1.54) is 0 Å². The molecular formula is C13H13IN2O2S. The molecule has 6 heteroatoms. The number of aromatic nitrogens is 1. The lowest BCUT2D eigenvalue weighted by molar-refractivity contribution is 0.600. The number of nitrogens with one attached hydrogen (secondary N) is 1. The minimum Gasteiger partial charge on any atom is -0.282 e. The van der Waals surface area contributed by atoms with Gasteiger partial charge >= 0.3 is 0 Å². The van der Waals surface area contributed by atoms with Gasteiger partial charge in [0.1, 0.15) is 0 Å². The molecule has 0 saturated carbocycles. The van der Waals surface area contributed by atoms with E-state index in [1.807, 2.05) is 30.3 Å². The number of anilines is 1. The van der Waals surface area contributed by atoms with Gasteiger partial charge in [0.15, 0.2) is 0 Å². The van der Waals surface area contributed by atoms with Crippen LogP contribution >= 0.6 is 22.6 Å². The molecule has 0 aliphatic heterocycles. The number of halogens is 1. The van der Waals surface area contributed by atoms with Crippen molar-refractivity contribution in [3.63, 3.8) is 0 Å². The van der Waals surface area contributed by atoms with Crippen molar-refractivity contribution in [3.8, 4) is 0 Å². The number of benzene rings is 1. The molecule has 0 bridgehead atoms. The summed E-state index contributed by atoms with van der Waals surface area (Å²) in [7, 11) is -3.35. The Morgan fingerprint density at radius 3 is 2.53 bits per heavy atom. The van der Waals surface area contributed by atoms with Gasteiger partial charge in [-0.1, -0.05) is 18.2 Å². The van der Waals surface area contributed by atoms with Crippen molar-refractivity contribution >= 4 is 38.3 Å². The molecule has 19 heavy (non-hydrogen) atoms. The zero-order valence-corrected chi connectivity index (χ0v) is 13.1. The van der Waals surface area contributed by atoms with Crippen LogP contribution in [0.1, 0.15) is 5.69 Å². The molecule has 0 fully saturated rings. The van der Waals surface area contributed by atoms with Crippen LogP contribution < -0.4 is 4.72 Å². The number of hydrogen-bond donors (Lipinski definition) is 1. The van der Waals surface area contributed by atoms with Gasteiger partial charge in [0.25, 0.3) is 0 Å². The number of pyridine rings is 1. The van der Waals surface area contributed by atoms with E-state index in [1.54, 1.807) is 18.3 Å². The summed E-state index contributed by atoms with van der Waals surface area (Å²) in [5.41, 5.74) is 1.39. The highest BCUT2D eigenvalue weighted by Crippen LogP contribution is 2.18. The van der Waals surface area contributed by atoms with Crippen LogP contribution in [0.5, 0.6) is 0 Å². The fraction of sp³-hybridized carbons (Fsp3) is 0.154. The fourth-order valence-electron chi connectivity index (χ4n) is 1.55. The van der Waals surface area contributed by atoms with Crippen LogP contribution in [-0.4, -0.2) is 19.2 Å². The average molecular weight is 388 g/mol. The quantitative estimate of drug-likeness (QED) is 0.802. The molecule has 100 valence electrons. The first kappa shape index (κ1) is 14.3. The third kappa shape index (κ3) is 4.46. The molecule has 2 rings (SSSR count). The van der Waals surface area contributed by atoms with Gasteiger partial charge in [0, 0.05) is 21.9 Å². The topological polar surface area (TPSA) is 59.1 Å². The standard InChI is InChI=1S/C13H13IN2O2S/c14-12-6-1-2-7-13(12)16-19(17,18)10-8-11-5-3-4-9-15-11/h1-7,9,16H,8,10H2. The lowest BCUT2D eigenvalue weighted by Gasteiger charge is -2.09. The Morgan fingerprint density at radius 2 is 1.84 bits per heavy atom. The molecule has 2 aromatic rings. The van der Waals surface area contributed by atoms with Gasteiger partial charge in [0.2, 0.25) is 10.0 Å².